The van der Waals surface area contributed by atoms with Crippen molar-refractivity contribution < 1.29 is 28.7 Å². The fraction of sp³-hybridized carbons (Fsp3) is 0.360. The molecule has 0 radical (unpaired) electrons. The highest BCUT2D eigenvalue weighted by Crippen LogP contribution is 2.26. The van der Waals surface area contributed by atoms with E-state index >= 15 is 0 Å². The molecule has 2 aliphatic heterocycles. The van der Waals surface area contributed by atoms with Crippen LogP contribution >= 0.6 is 0 Å². The van der Waals surface area contributed by atoms with Gasteiger partial charge in [0.1, 0.15) is 6.04 Å². The summed E-state index contributed by atoms with van der Waals surface area (Å²) in [5.41, 5.74) is 1.37. The van der Waals surface area contributed by atoms with Gasteiger partial charge in [0.25, 0.3) is 11.8 Å². The first-order valence-corrected chi connectivity index (χ1v) is 11.1. The third-order valence-corrected chi connectivity index (χ3v) is 5.82. The normalized spacial score (nSPS) is 16.5. The summed E-state index contributed by atoms with van der Waals surface area (Å²) in [4.78, 5) is 54.0. The van der Waals surface area contributed by atoms with Crippen molar-refractivity contribution in [2.45, 2.75) is 25.3 Å². The lowest BCUT2D eigenvalue weighted by Crippen LogP contribution is -2.47. The van der Waals surface area contributed by atoms with Crippen LogP contribution in [0, 0.1) is 0 Å². The zero-order chi connectivity index (χ0) is 23.2. The van der Waals surface area contributed by atoms with Crippen LogP contribution in [0.15, 0.2) is 54.6 Å². The van der Waals surface area contributed by atoms with Crippen molar-refractivity contribution >= 4 is 23.7 Å². The molecule has 2 aromatic carbocycles. The second-order valence-corrected chi connectivity index (χ2v) is 8.00. The summed E-state index contributed by atoms with van der Waals surface area (Å²) in [5.74, 6) is -1.67. The van der Waals surface area contributed by atoms with Crippen LogP contribution in [0.4, 0.5) is 0 Å². The number of rotatable bonds is 8. The van der Waals surface area contributed by atoms with Gasteiger partial charge in [-0.2, -0.15) is 0 Å². The molecule has 0 bridgehead atoms. The molecule has 2 heterocycles. The van der Waals surface area contributed by atoms with Crippen molar-refractivity contribution in [1.29, 1.82) is 0 Å². The van der Waals surface area contributed by atoms with E-state index in [2.05, 4.69) is 0 Å². The van der Waals surface area contributed by atoms with Gasteiger partial charge < -0.3 is 14.4 Å². The van der Waals surface area contributed by atoms with E-state index in [1.807, 2.05) is 30.3 Å². The Labute approximate surface area is 192 Å². The van der Waals surface area contributed by atoms with Crippen molar-refractivity contribution in [3.63, 3.8) is 0 Å². The minimum atomic E-state index is -1.09. The summed E-state index contributed by atoms with van der Waals surface area (Å²) in [5, 5.41) is 0. The summed E-state index contributed by atoms with van der Waals surface area (Å²) >= 11 is 0. The average Bonchev–Trinajstić information content (AvgIpc) is 3.11. The summed E-state index contributed by atoms with van der Waals surface area (Å²) in [6.07, 6.45) is 0.767. The monoisotopic (exact) mass is 450 g/mol. The Morgan fingerprint density at radius 3 is 2.15 bits per heavy atom. The van der Waals surface area contributed by atoms with Crippen LogP contribution in [0.3, 0.4) is 0 Å². The van der Waals surface area contributed by atoms with Gasteiger partial charge in [-0.25, -0.2) is 4.79 Å². The Balaban J connectivity index is 1.41. The highest BCUT2D eigenvalue weighted by Gasteiger charge is 2.43. The molecule has 8 nitrogen and oxygen atoms in total. The lowest BCUT2D eigenvalue weighted by molar-refractivity contribution is -0.149. The quantitative estimate of drug-likeness (QED) is 0.347. The molecule has 0 unspecified atom stereocenters. The first kappa shape index (κ1) is 22.7. The molecule has 3 amide bonds. The predicted molar refractivity (Wildman–Crippen MR) is 118 cm³/mol. The van der Waals surface area contributed by atoms with Gasteiger partial charge in [0, 0.05) is 25.9 Å². The Hall–Kier alpha value is -3.52. The summed E-state index contributed by atoms with van der Waals surface area (Å²) in [7, 11) is 0. The molecule has 8 heteroatoms. The van der Waals surface area contributed by atoms with Gasteiger partial charge in [-0.05, 0) is 24.1 Å². The van der Waals surface area contributed by atoms with E-state index in [4.69, 9.17) is 9.47 Å². The number of nitrogens with zero attached hydrogens (tertiary/aromatic N) is 2. The molecule has 33 heavy (non-hydrogen) atoms. The minimum Gasteiger partial charge on any atom is -0.464 e. The van der Waals surface area contributed by atoms with Gasteiger partial charge in [0.15, 0.2) is 0 Å². The number of hydrogen-bond acceptors (Lipinski definition) is 6. The van der Waals surface area contributed by atoms with Crippen molar-refractivity contribution in [3.05, 3.63) is 71.3 Å². The SMILES string of the molecule is O=C(OCCCC(=O)N1CCOCC1)[C@H](Cc1ccccc1)N1C(=O)c2ccccc2C1=O. The Morgan fingerprint density at radius 2 is 1.52 bits per heavy atom. The molecule has 0 N–H and O–H groups in total. The maximum atomic E-state index is 13.0. The minimum absolute atomic E-state index is 0.00414. The molecule has 4 rings (SSSR count). The summed E-state index contributed by atoms with van der Waals surface area (Å²) < 4.78 is 10.7. The van der Waals surface area contributed by atoms with E-state index in [1.165, 1.54) is 0 Å². The zero-order valence-corrected chi connectivity index (χ0v) is 18.3. The third-order valence-electron chi connectivity index (χ3n) is 5.82. The highest BCUT2D eigenvalue weighted by atomic mass is 16.5. The van der Waals surface area contributed by atoms with Gasteiger partial charge in [-0.15, -0.1) is 0 Å². The molecular weight excluding hydrogens is 424 g/mol. The first-order valence-electron chi connectivity index (χ1n) is 11.1. The Bertz CT molecular complexity index is 997. The van der Waals surface area contributed by atoms with Crippen molar-refractivity contribution in [3.8, 4) is 0 Å². The van der Waals surface area contributed by atoms with Crippen LogP contribution < -0.4 is 0 Å². The number of carbonyl (C=O) groups is 4. The van der Waals surface area contributed by atoms with Crippen molar-refractivity contribution in [2.24, 2.45) is 0 Å². The zero-order valence-electron chi connectivity index (χ0n) is 18.3. The van der Waals surface area contributed by atoms with E-state index in [-0.39, 0.29) is 36.5 Å². The summed E-state index contributed by atoms with van der Waals surface area (Å²) in [6, 6.07) is 14.6. The fourth-order valence-corrected chi connectivity index (χ4v) is 4.07. The highest BCUT2D eigenvalue weighted by molar-refractivity contribution is 6.22. The van der Waals surface area contributed by atoms with Gasteiger partial charge in [0.05, 0.1) is 30.9 Å². The van der Waals surface area contributed by atoms with Crippen LogP contribution in [0.25, 0.3) is 0 Å². The predicted octanol–water partition coefficient (Wildman–Crippen LogP) is 2.08. The maximum absolute atomic E-state index is 13.0. The molecule has 0 aromatic heterocycles. The molecule has 2 aromatic rings. The third kappa shape index (κ3) is 5.12. The summed E-state index contributed by atoms with van der Waals surface area (Å²) in [6.45, 7) is 2.22. The van der Waals surface area contributed by atoms with Gasteiger partial charge in [-0.1, -0.05) is 42.5 Å². The number of morpholine rings is 1. The first-order chi connectivity index (χ1) is 16.1. The second-order valence-electron chi connectivity index (χ2n) is 8.00. The number of ether oxygens (including phenoxy) is 2. The topological polar surface area (TPSA) is 93.2 Å². The van der Waals surface area contributed by atoms with Crippen LogP contribution in [0.1, 0.15) is 39.1 Å². The van der Waals surface area contributed by atoms with Crippen molar-refractivity contribution in [1.82, 2.24) is 9.80 Å². The molecule has 1 saturated heterocycles. The average molecular weight is 450 g/mol. The lowest BCUT2D eigenvalue weighted by atomic mass is 10.0. The molecule has 0 spiro atoms. The second kappa shape index (κ2) is 10.4. The number of hydrogen-bond donors (Lipinski definition) is 0. The largest absolute Gasteiger partial charge is 0.464 e. The van der Waals surface area contributed by atoms with Crippen molar-refractivity contribution in [2.75, 3.05) is 32.9 Å². The molecule has 172 valence electrons. The van der Waals surface area contributed by atoms with Gasteiger partial charge in [0.2, 0.25) is 5.91 Å². The fourth-order valence-electron chi connectivity index (χ4n) is 4.07. The number of imide groups is 1. The maximum Gasteiger partial charge on any atom is 0.329 e. The molecule has 0 saturated carbocycles. The molecule has 1 fully saturated rings. The van der Waals surface area contributed by atoms with E-state index < -0.39 is 23.8 Å². The number of fused-ring (bicyclic) bond motifs is 1. The number of benzene rings is 2. The Kier molecular flexibility index (Phi) is 7.14. The van der Waals surface area contributed by atoms with E-state index in [0.717, 1.165) is 10.5 Å². The van der Waals surface area contributed by atoms with Crippen LogP contribution in [-0.2, 0) is 25.5 Å². The Morgan fingerprint density at radius 1 is 0.909 bits per heavy atom. The van der Waals surface area contributed by atoms with Crippen LogP contribution in [-0.4, -0.2) is 72.4 Å². The molecular formula is C25H26N2O6. The molecule has 0 aliphatic carbocycles. The van der Waals surface area contributed by atoms with Gasteiger partial charge in [-0.3, -0.25) is 19.3 Å². The van der Waals surface area contributed by atoms with Gasteiger partial charge >= 0.3 is 5.97 Å². The standard InChI is InChI=1S/C25H26N2O6/c28-22(26-12-15-32-16-13-26)11-6-14-33-25(31)21(17-18-7-2-1-3-8-18)27-23(29)19-9-4-5-10-20(19)24(27)30/h1-5,7-10,21H,6,11-17H2/t21-/m0/s1. The number of carbonyl (C=O) groups excluding carboxylic acids is 4. The number of esters is 1. The van der Waals surface area contributed by atoms with Crippen LogP contribution in [0.2, 0.25) is 0 Å². The van der Waals surface area contributed by atoms with Crippen LogP contribution in [0.5, 0.6) is 0 Å². The van der Waals surface area contributed by atoms with E-state index in [9.17, 15) is 19.2 Å². The molecule has 2 aliphatic rings. The smallest absolute Gasteiger partial charge is 0.329 e. The lowest BCUT2D eigenvalue weighted by Gasteiger charge is -2.27. The molecule has 1 atom stereocenters. The van der Waals surface area contributed by atoms with E-state index in [1.54, 1.807) is 29.2 Å². The van der Waals surface area contributed by atoms with E-state index in [0.29, 0.717) is 32.7 Å². The number of amides is 3.